The van der Waals surface area contributed by atoms with Crippen molar-refractivity contribution in [1.82, 2.24) is 15.0 Å². The van der Waals surface area contributed by atoms with E-state index in [-0.39, 0.29) is 11.7 Å². The Balaban J connectivity index is 2.25. The van der Waals surface area contributed by atoms with E-state index in [4.69, 9.17) is 4.74 Å². The van der Waals surface area contributed by atoms with Gasteiger partial charge in [-0.05, 0) is 44.4 Å². The highest BCUT2D eigenvalue weighted by Gasteiger charge is 2.18. The molecule has 0 saturated heterocycles. The van der Waals surface area contributed by atoms with Gasteiger partial charge in [-0.1, -0.05) is 12.1 Å². The molecule has 5 heteroatoms. The van der Waals surface area contributed by atoms with Gasteiger partial charge in [0.15, 0.2) is 0 Å². The number of benzene rings is 1. The number of ether oxygens (including phenoxy) is 1. The molecule has 114 valence electrons. The summed E-state index contributed by atoms with van der Waals surface area (Å²) in [5, 5.41) is 8.23. The smallest absolute Gasteiger partial charge is 0.123 e. The first kappa shape index (κ1) is 15.5. The van der Waals surface area contributed by atoms with Crippen LogP contribution in [0.3, 0.4) is 0 Å². The monoisotopic (exact) mass is 291 g/mol. The molecule has 21 heavy (non-hydrogen) atoms. The van der Waals surface area contributed by atoms with E-state index in [0.717, 1.165) is 36.4 Å². The Morgan fingerprint density at radius 3 is 2.71 bits per heavy atom. The Kier molecular flexibility index (Phi) is 5.31. The van der Waals surface area contributed by atoms with Gasteiger partial charge in [-0.3, -0.25) is 4.68 Å². The van der Waals surface area contributed by atoms with Crippen LogP contribution in [0, 0.1) is 5.82 Å². The Hall–Kier alpha value is -1.91. The molecule has 0 aliphatic heterocycles. The van der Waals surface area contributed by atoms with E-state index < -0.39 is 0 Å². The zero-order valence-electron chi connectivity index (χ0n) is 12.8. The molecule has 0 fully saturated rings. The second-order valence-electron chi connectivity index (χ2n) is 4.99. The molecule has 1 unspecified atom stereocenters. The summed E-state index contributed by atoms with van der Waals surface area (Å²) < 4.78 is 21.0. The number of rotatable bonds is 7. The second-order valence-corrected chi connectivity index (χ2v) is 4.99. The summed E-state index contributed by atoms with van der Waals surface area (Å²) in [6.07, 6.45) is 3.57. The van der Waals surface area contributed by atoms with Gasteiger partial charge in [0, 0.05) is 24.7 Å². The summed E-state index contributed by atoms with van der Waals surface area (Å²) in [4.78, 5) is 0. The van der Waals surface area contributed by atoms with E-state index in [9.17, 15) is 4.39 Å². The summed E-state index contributed by atoms with van der Waals surface area (Å²) >= 11 is 0. The molecular formula is C16H22FN3O. The molecule has 2 aromatic rings. The number of hydrogen-bond donors (Lipinski definition) is 0. The lowest BCUT2D eigenvalue weighted by atomic mass is 9.91. The molecule has 0 radical (unpaired) electrons. The van der Waals surface area contributed by atoms with Crippen LogP contribution in [0.5, 0.6) is 5.75 Å². The predicted molar refractivity (Wildman–Crippen MR) is 80.0 cm³/mol. The van der Waals surface area contributed by atoms with Crippen LogP contribution < -0.4 is 4.74 Å². The predicted octanol–water partition coefficient (Wildman–Crippen LogP) is 3.57. The third kappa shape index (κ3) is 3.80. The fourth-order valence-corrected chi connectivity index (χ4v) is 2.44. The minimum Gasteiger partial charge on any atom is -0.494 e. The minimum absolute atomic E-state index is 0.171. The highest BCUT2D eigenvalue weighted by Crippen LogP contribution is 2.32. The van der Waals surface area contributed by atoms with Crippen LogP contribution in [0.25, 0.3) is 0 Å². The first-order valence-electron chi connectivity index (χ1n) is 7.49. The van der Waals surface area contributed by atoms with Crippen molar-refractivity contribution in [1.29, 1.82) is 0 Å². The molecule has 0 aliphatic rings. The van der Waals surface area contributed by atoms with Crippen molar-refractivity contribution >= 4 is 0 Å². The van der Waals surface area contributed by atoms with Crippen molar-refractivity contribution in [2.24, 2.45) is 0 Å². The first-order chi connectivity index (χ1) is 10.2. The van der Waals surface area contributed by atoms with Crippen molar-refractivity contribution in [2.75, 3.05) is 6.61 Å². The van der Waals surface area contributed by atoms with Gasteiger partial charge in [0.2, 0.25) is 0 Å². The zero-order valence-corrected chi connectivity index (χ0v) is 12.8. The Morgan fingerprint density at radius 1 is 1.29 bits per heavy atom. The third-order valence-corrected chi connectivity index (χ3v) is 3.57. The maximum atomic E-state index is 13.6. The molecule has 1 aromatic heterocycles. The molecule has 1 atom stereocenters. The topological polar surface area (TPSA) is 39.9 Å². The van der Waals surface area contributed by atoms with E-state index in [1.165, 1.54) is 6.07 Å². The van der Waals surface area contributed by atoms with Crippen molar-refractivity contribution in [2.45, 2.75) is 46.1 Å². The highest BCUT2D eigenvalue weighted by molar-refractivity contribution is 5.37. The van der Waals surface area contributed by atoms with Crippen molar-refractivity contribution < 1.29 is 9.13 Å². The van der Waals surface area contributed by atoms with Gasteiger partial charge in [-0.25, -0.2) is 4.39 Å². The molecular weight excluding hydrogens is 269 g/mol. The summed E-state index contributed by atoms with van der Waals surface area (Å²) in [6.45, 7) is 7.42. The van der Waals surface area contributed by atoms with Crippen LogP contribution >= 0.6 is 0 Å². The Bertz CT molecular complexity index is 583. The van der Waals surface area contributed by atoms with E-state index in [0.29, 0.717) is 6.61 Å². The standard InChI is InChI=1S/C16H22FN3O/c1-4-12(9-14-11-20(5-2)19-18-14)15-10-13(17)7-8-16(15)21-6-3/h7-8,10-12H,4-6,9H2,1-3H3. The van der Waals surface area contributed by atoms with Gasteiger partial charge in [-0.2, -0.15) is 0 Å². The first-order valence-corrected chi connectivity index (χ1v) is 7.49. The molecule has 0 spiro atoms. The minimum atomic E-state index is -0.232. The lowest BCUT2D eigenvalue weighted by Crippen LogP contribution is -2.06. The molecule has 0 saturated carbocycles. The average molecular weight is 291 g/mol. The van der Waals surface area contributed by atoms with E-state index in [1.807, 2.05) is 20.0 Å². The fraction of sp³-hybridized carbons (Fsp3) is 0.500. The van der Waals surface area contributed by atoms with Crippen LogP contribution in [-0.4, -0.2) is 21.6 Å². The van der Waals surface area contributed by atoms with Crippen LogP contribution in [0.4, 0.5) is 4.39 Å². The number of aryl methyl sites for hydroxylation is 1. The lowest BCUT2D eigenvalue weighted by molar-refractivity contribution is 0.332. The van der Waals surface area contributed by atoms with Crippen molar-refractivity contribution in [3.05, 3.63) is 41.5 Å². The van der Waals surface area contributed by atoms with Gasteiger partial charge >= 0.3 is 0 Å². The molecule has 2 rings (SSSR count). The molecule has 0 amide bonds. The van der Waals surface area contributed by atoms with Gasteiger partial charge in [0.1, 0.15) is 11.6 Å². The van der Waals surface area contributed by atoms with E-state index >= 15 is 0 Å². The summed E-state index contributed by atoms with van der Waals surface area (Å²) in [5.74, 6) is 0.696. The van der Waals surface area contributed by atoms with Gasteiger partial charge < -0.3 is 4.74 Å². The maximum Gasteiger partial charge on any atom is 0.123 e. The normalized spacial score (nSPS) is 12.4. The number of nitrogens with zero attached hydrogens (tertiary/aromatic N) is 3. The second kappa shape index (κ2) is 7.20. The molecule has 4 nitrogen and oxygen atoms in total. The number of aromatic nitrogens is 3. The average Bonchev–Trinajstić information content (AvgIpc) is 2.94. The summed E-state index contributed by atoms with van der Waals surface area (Å²) in [6, 6.07) is 4.72. The van der Waals surface area contributed by atoms with Crippen LogP contribution in [0.2, 0.25) is 0 Å². The summed E-state index contributed by atoms with van der Waals surface area (Å²) in [7, 11) is 0. The highest BCUT2D eigenvalue weighted by atomic mass is 19.1. The van der Waals surface area contributed by atoms with E-state index in [2.05, 4.69) is 17.2 Å². The maximum absolute atomic E-state index is 13.6. The molecule has 0 aliphatic carbocycles. The SMILES string of the molecule is CCOc1ccc(F)cc1C(CC)Cc1cn(CC)nn1. The van der Waals surface area contributed by atoms with Crippen LogP contribution in [0.15, 0.2) is 24.4 Å². The Labute approximate surface area is 124 Å². The molecule has 1 aromatic carbocycles. The summed E-state index contributed by atoms with van der Waals surface area (Å²) in [5.41, 5.74) is 1.83. The van der Waals surface area contributed by atoms with Gasteiger partial charge in [-0.15, -0.1) is 5.10 Å². The third-order valence-electron chi connectivity index (χ3n) is 3.57. The number of hydrogen-bond acceptors (Lipinski definition) is 3. The van der Waals surface area contributed by atoms with Gasteiger partial charge in [0.25, 0.3) is 0 Å². The number of halogens is 1. The van der Waals surface area contributed by atoms with Crippen LogP contribution in [-0.2, 0) is 13.0 Å². The Morgan fingerprint density at radius 2 is 2.10 bits per heavy atom. The van der Waals surface area contributed by atoms with Crippen molar-refractivity contribution in [3.8, 4) is 5.75 Å². The lowest BCUT2D eigenvalue weighted by Gasteiger charge is -2.18. The van der Waals surface area contributed by atoms with E-state index in [1.54, 1.807) is 16.8 Å². The fourth-order valence-electron chi connectivity index (χ4n) is 2.44. The van der Waals surface area contributed by atoms with Crippen molar-refractivity contribution in [3.63, 3.8) is 0 Å². The molecule has 0 bridgehead atoms. The zero-order chi connectivity index (χ0) is 15.2. The molecule has 1 heterocycles. The molecule has 0 N–H and O–H groups in total. The largest absolute Gasteiger partial charge is 0.494 e. The van der Waals surface area contributed by atoms with Gasteiger partial charge in [0.05, 0.1) is 12.3 Å². The van der Waals surface area contributed by atoms with Crippen LogP contribution in [0.1, 0.15) is 44.4 Å². The quantitative estimate of drug-likeness (QED) is 0.783.